The molecular formula is C11H17N5S. The molecule has 0 aliphatic carbocycles. The predicted octanol–water partition coefficient (Wildman–Crippen LogP) is 1.17. The van der Waals surface area contributed by atoms with E-state index in [9.17, 15) is 0 Å². The normalized spacial score (nSPS) is 10.9. The van der Waals surface area contributed by atoms with Gasteiger partial charge >= 0.3 is 0 Å². The van der Waals surface area contributed by atoms with Crippen molar-refractivity contribution < 1.29 is 0 Å². The number of aryl methyl sites for hydroxylation is 2. The Morgan fingerprint density at radius 3 is 3.00 bits per heavy atom. The van der Waals surface area contributed by atoms with Crippen LogP contribution in [0, 0.1) is 0 Å². The minimum Gasteiger partial charge on any atom is -0.321 e. The molecule has 2 aromatic rings. The second-order valence-electron chi connectivity index (χ2n) is 3.86. The first-order valence-corrected chi connectivity index (χ1v) is 6.58. The lowest BCUT2D eigenvalue weighted by atomic mass is 10.4. The van der Waals surface area contributed by atoms with Crippen molar-refractivity contribution >= 4 is 11.3 Å². The van der Waals surface area contributed by atoms with Gasteiger partial charge in [-0.3, -0.25) is 0 Å². The van der Waals surface area contributed by atoms with Crippen molar-refractivity contribution in [3.8, 4) is 0 Å². The lowest BCUT2D eigenvalue weighted by molar-refractivity contribution is 0.658. The summed E-state index contributed by atoms with van der Waals surface area (Å²) in [5.74, 6) is 1.01. The first kappa shape index (κ1) is 12.2. The predicted molar refractivity (Wildman–Crippen MR) is 67.9 cm³/mol. The van der Waals surface area contributed by atoms with E-state index in [1.54, 1.807) is 17.7 Å². The summed E-state index contributed by atoms with van der Waals surface area (Å²) in [5.41, 5.74) is 0. The van der Waals surface area contributed by atoms with Gasteiger partial charge < -0.3 is 9.88 Å². The molecule has 2 rings (SSSR count). The van der Waals surface area contributed by atoms with Crippen LogP contribution in [0.1, 0.15) is 22.6 Å². The van der Waals surface area contributed by atoms with Crippen LogP contribution < -0.4 is 5.32 Å². The Hall–Kier alpha value is -1.27. The maximum atomic E-state index is 4.33. The highest BCUT2D eigenvalue weighted by atomic mass is 32.1. The smallest absolute Gasteiger partial charge is 0.133 e. The van der Waals surface area contributed by atoms with Gasteiger partial charge in [0.05, 0.1) is 5.01 Å². The van der Waals surface area contributed by atoms with E-state index in [2.05, 4.69) is 27.4 Å². The summed E-state index contributed by atoms with van der Waals surface area (Å²) in [4.78, 5) is 5.62. The van der Waals surface area contributed by atoms with E-state index in [1.165, 1.54) is 9.88 Å². The number of aromatic nitrogens is 4. The largest absolute Gasteiger partial charge is 0.321 e. The highest BCUT2D eigenvalue weighted by Gasteiger charge is 2.01. The number of hydrogen-bond donors (Lipinski definition) is 1. The highest BCUT2D eigenvalue weighted by molar-refractivity contribution is 7.11. The second-order valence-corrected chi connectivity index (χ2v) is 5.06. The zero-order valence-corrected chi connectivity index (χ0v) is 11.0. The number of rotatable bonds is 6. The molecular weight excluding hydrogens is 234 g/mol. The molecule has 0 saturated carbocycles. The van der Waals surface area contributed by atoms with Gasteiger partial charge in [0.2, 0.25) is 0 Å². The van der Waals surface area contributed by atoms with Gasteiger partial charge in [0.25, 0.3) is 0 Å². The van der Waals surface area contributed by atoms with Crippen LogP contribution in [0.5, 0.6) is 0 Å². The molecule has 92 valence electrons. The third-order valence-corrected chi connectivity index (χ3v) is 3.68. The molecule has 2 heterocycles. The summed E-state index contributed by atoms with van der Waals surface area (Å²) in [5, 5.41) is 12.5. The molecule has 17 heavy (non-hydrogen) atoms. The van der Waals surface area contributed by atoms with Crippen molar-refractivity contribution in [1.82, 2.24) is 25.1 Å². The molecule has 0 aromatic carbocycles. The quantitative estimate of drug-likeness (QED) is 0.783. The molecule has 2 aromatic heterocycles. The molecule has 0 unspecified atom stereocenters. The van der Waals surface area contributed by atoms with E-state index in [0.29, 0.717) is 0 Å². The van der Waals surface area contributed by atoms with Crippen molar-refractivity contribution in [3.63, 3.8) is 0 Å². The van der Waals surface area contributed by atoms with Crippen LogP contribution in [0.2, 0.25) is 0 Å². The van der Waals surface area contributed by atoms with E-state index < -0.39 is 0 Å². The summed E-state index contributed by atoms with van der Waals surface area (Å²) in [6.45, 7) is 3.92. The van der Waals surface area contributed by atoms with Crippen LogP contribution in [-0.4, -0.2) is 26.3 Å². The van der Waals surface area contributed by atoms with Gasteiger partial charge in [0.15, 0.2) is 0 Å². The van der Waals surface area contributed by atoms with E-state index in [4.69, 9.17) is 0 Å². The SMILES string of the molecule is CCc1ncc(CNCCc2nncn2C)s1. The zero-order chi connectivity index (χ0) is 12.1. The van der Waals surface area contributed by atoms with Crippen LogP contribution in [0.15, 0.2) is 12.5 Å². The maximum Gasteiger partial charge on any atom is 0.133 e. The number of nitrogens with one attached hydrogen (secondary N) is 1. The molecule has 5 nitrogen and oxygen atoms in total. The van der Waals surface area contributed by atoms with Gasteiger partial charge in [0.1, 0.15) is 12.2 Å². The number of hydrogen-bond acceptors (Lipinski definition) is 5. The molecule has 0 atom stereocenters. The van der Waals surface area contributed by atoms with Crippen molar-refractivity contribution in [3.05, 3.63) is 28.2 Å². The Morgan fingerprint density at radius 1 is 1.47 bits per heavy atom. The number of nitrogens with zero attached hydrogens (tertiary/aromatic N) is 4. The summed E-state index contributed by atoms with van der Waals surface area (Å²) in [6, 6.07) is 0. The lowest BCUT2D eigenvalue weighted by Gasteiger charge is -2.02. The van der Waals surface area contributed by atoms with E-state index in [0.717, 1.165) is 31.8 Å². The van der Waals surface area contributed by atoms with Crippen LogP contribution in [0.4, 0.5) is 0 Å². The third-order valence-electron chi connectivity index (χ3n) is 2.53. The topological polar surface area (TPSA) is 55.6 Å². The standard InChI is InChI=1S/C11H17N5S/c1-3-11-13-7-9(17-11)6-12-5-4-10-15-14-8-16(10)2/h7-8,12H,3-6H2,1-2H3. The summed E-state index contributed by atoms with van der Waals surface area (Å²) < 4.78 is 1.95. The van der Waals surface area contributed by atoms with Gasteiger partial charge in [-0.25, -0.2) is 4.98 Å². The second kappa shape index (κ2) is 5.88. The molecule has 0 radical (unpaired) electrons. The molecule has 0 fully saturated rings. The Kier molecular flexibility index (Phi) is 4.22. The fourth-order valence-corrected chi connectivity index (χ4v) is 2.37. The van der Waals surface area contributed by atoms with Crippen molar-refractivity contribution in [2.45, 2.75) is 26.3 Å². The maximum absolute atomic E-state index is 4.33. The lowest BCUT2D eigenvalue weighted by Crippen LogP contribution is -2.17. The average molecular weight is 251 g/mol. The van der Waals surface area contributed by atoms with Crippen LogP contribution in [0.3, 0.4) is 0 Å². The summed E-state index contributed by atoms with van der Waals surface area (Å²) >= 11 is 1.78. The molecule has 0 bridgehead atoms. The average Bonchev–Trinajstić information content (AvgIpc) is 2.94. The number of thiazole rings is 1. The van der Waals surface area contributed by atoms with E-state index >= 15 is 0 Å². The minimum atomic E-state index is 0.884. The Morgan fingerprint density at radius 2 is 2.35 bits per heavy atom. The fraction of sp³-hybridized carbons (Fsp3) is 0.545. The van der Waals surface area contributed by atoms with Crippen LogP contribution in [-0.2, 0) is 26.4 Å². The van der Waals surface area contributed by atoms with Crippen LogP contribution in [0.25, 0.3) is 0 Å². The minimum absolute atomic E-state index is 0.884. The third kappa shape index (κ3) is 3.34. The van der Waals surface area contributed by atoms with Crippen molar-refractivity contribution in [2.24, 2.45) is 7.05 Å². The Labute approximate surface area is 105 Å². The van der Waals surface area contributed by atoms with Crippen molar-refractivity contribution in [2.75, 3.05) is 6.54 Å². The van der Waals surface area contributed by atoms with E-state index in [1.807, 2.05) is 17.8 Å². The fourth-order valence-electron chi connectivity index (χ4n) is 1.54. The van der Waals surface area contributed by atoms with E-state index in [-0.39, 0.29) is 0 Å². The Bertz CT molecular complexity index is 462. The first-order valence-electron chi connectivity index (χ1n) is 5.76. The van der Waals surface area contributed by atoms with Gasteiger partial charge in [-0.2, -0.15) is 0 Å². The molecule has 0 aliphatic heterocycles. The van der Waals surface area contributed by atoms with Gasteiger partial charge in [-0.15, -0.1) is 21.5 Å². The molecule has 0 spiro atoms. The highest BCUT2D eigenvalue weighted by Crippen LogP contribution is 2.12. The van der Waals surface area contributed by atoms with Crippen LogP contribution >= 0.6 is 11.3 Å². The molecule has 0 aliphatic rings. The van der Waals surface area contributed by atoms with Crippen molar-refractivity contribution in [1.29, 1.82) is 0 Å². The van der Waals surface area contributed by atoms with Gasteiger partial charge in [-0.1, -0.05) is 6.92 Å². The monoisotopic (exact) mass is 251 g/mol. The van der Waals surface area contributed by atoms with Gasteiger partial charge in [-0.05, 0) is 6.42 Å². The molecule has 0 saturated heterocycles. The zero-order valence-electron chi connectivity index (χ0n) is 10.2. The molecule has 1 N–H and O–H groups in total. The van der Waals surface area contributed by atoms with Gasteiger partial charge in [0, 0.05) is 37.6 Å². The Balaban J connectivity index is 1.71. The summed E-state index contributed by atoms with van der Waals surface area (Å²) in [7, 11) is 1.96. The summed E-state index contributed by atoms with van der Waals surface area (Å²) in [6.07, 6.45) is 5.60. The molecule has 0 amide bonds. The first-order chi connectivity index (χ1) is 8.29. The molecule has 6 heteroatoms.